The molecule has 4 nitrogen and oxygen atoms in total. The lowest BCUT2D eigenvalue weighted by Crippen LogP contribution is -2.39. The minimum absolute atomic E-state index is 0.0978. The SMILES string of the molecule is CCNC(C)c1ccc(NC(=O)NC2CCSCC2)cc1. The normalized spacial score (nSPS) is 17.2. The summed E-state index contributed by atoms with van der Waals surface area (Å²) in [7, 11) is 0. The average Bonchev–Trinajstić information content (AvgIpc) is 2.49. The molecule has 116 valence electrons. The molecule has 1 fully saturated rings. The smallest absolute Gasteiger partial charge is 0.319 e. The van der Waals surface area contributed by atoms with Crippen molar-refractivity contribution < 1.29 is 4.79 Å². The van der Waals surface area contributed by atoms with Crippen molar-refractivity contribution >= 4 is 23.5 Å². The van der Waals surface area contributed by atoms with Gasteiger partial charge in [0.05, 0.1) is 0 Å². The minimum Gasteiger partial charge on any atom is -0.335 e. The molecule has 0 aromatic heterocycles. The third-order valence-electron chi connectivity index (χ3n) is 3.74. The van der Waals surface area contributed by atoms with Crippen LogP contribution >= 0.6 is 11.8 Å². The second-order valence-electron chi connectivity index (χ2n) is 5.39. The summed E-state index contributed by atoms with van der Waals surface area (Å²) >= 11 is 1.96. The monoisotopic (exact) mass is 307 g/mol. The van der Waals surface area contributed by atoms with Gasteiger partial charge in [0.15, 0.2) is 0 Å². The Morgan fingerprint density at radius 2 is 1.95 bits per heavy atom. The molecule has 1 aromatic carbocycles. The lowest BCUT2D eigenvalue weighted by molar-refractivity contribution is 0.247. The molecule has 2 rings (SSSR count). The number of thioether (sulfide) groups is 1. The molecule has 0 radical (unpaired) electrons. The Labute approximate surface area is 131 Å². The van der Waals surface area contributed by atoms with Crippen molar-refractivity contribution in [2.75, 3.05) is 23.4 Å². The zero-order valence-corrected chi connectivity index (χ0v) is 13.6. The Kier molecular flexibility index (Phi) is 6.39. The standard InChI is InChI=1S/C16H25N3OS/c1-3-17-12(2)13-4-6-14(7-5-13)18-16(20)19-15-8-10-21-11-9-15/h4-7,12,15,17H,3,8-11H2,1-2H3,(H2,18,19,20). The van der Waals surface area contributed by atoms with Crippen molar-refractivity contribution in [3.05, 3.63) is 29.8 Å². The van der Waals surface area contributed by atoms with Gasteiger partial charge in [0, 0.05) is 17.8 Å². The number of hydrogen-bond acceptors (Lipinski definition) is 3. The highest BCUT2D eigenvalue weighted by Gasteiger charge is 2.15. The first kappa shape index (κ1) is 16.2. The fraction of sp³-hybridized carbons (Fsp3) is 0.562. The number of rotatable bonds is 5. The van der Waals surface area contributed by atoms with Crippen LogP contribution < -0.4 is 16.0 Å². The maximum absolute atomic E-state index is 12.0. The van der Waals surface area contributed by atoms with Gasteiger partial charge in [-0.2, -0.15) is 11.8 Å². The van der Waals surface area contributed by atoms with Crippen LogP contribution in [0.5, 0.6) is 0 Å². The number of amides is 2. The molecule has 0 saturated carbocycles. The van der Waals surface area contributed by atoms with Crippen LogP contribution in [-0.2, 0) is 0 Å². The van der Waals surface area contributed by atoms with Gasteiger partial charge in [-0.25, -0.2) is 4.79 Å². The van der Waals surface area contributed by atoms with Crippen molar-refractivity contribution in [3.8, 4) is 0 Å². The number of benzene rings is 1. The summed E-state index contributed by atoms with van der Waals surface area (Å²) < 4.78 is 0. The molecule has 0 bridgehead atoms. The zero-order valence-electron chi connectivity index (χ0n) is 12.8. The van der Waals surface area contributed by atoms with Gasteiger partial charge in [0.1, 0.15) is 0 Å². The summed E-state index contributed by atoms with van der Waals surface area (Å²) in [5.74, 6) is 2.28. The van der Waals surface area contributed by atoms with Crippen LogP contribution in [0.4, 0.5) is 10.5 Å². The molecule has 0 aliphatic carbocycles. The predicted octanol–water partition coefficient (Wildman–Crippen LogP) is 3.37. The Bertz CT molecular complexity index is 443. The van der Waals surface area contributed by atoms with Gasteiger partial charge in [-0.15, -0.1) is 0 Å². The molecule has 1 aliphatic rings. The number of nitrogens with one attached hydrogen (secondary N) is 3. The van der Waals surface area contributed by atoms with Crippen LogP contribution in [0.1, 0.15) is 38.3 Å². The molecule has 0 spiro atoms. The van der Waals surface area contributed by atoms with Gasteiger partial charge in [-0.1, -0.05) is 19.1 Å². The molecular weight excluding hydrogens is 282 g/mol. The van der Waals surface area contributed by atoms with E-state index in [-0.39, 0.29) is 6.03 Å². The van der Waals surface area contributed by atoms with Gasteiger partial charge >= 0.3 is 6.03 Å². The summed E-state index contributed by atoms with van der Waals surface area (Å²) in [6.45, 7) is 5.18. The van der Waals surface area contributed by atoms with Gasteiger partial charge in [0.25, 0.3) is 0 Å². The van der Waals surface area contributed by atoms with E-state index < -0.39 is 0 Å². The van der Waals surface area contributed by atoms with Crippen LogP contribution in [0.3, 0.4) is 0 Å². The first-order chi connectivity index (χ1) is 10.2. The molecule has 3 N–H and O–H groups in total. The van der Waals surface area contributed by atoms with E-state index in [0.717, 1.165) is 36.6 Å². The Balaban J connectivity index is 1.83. The highest BCUT2D eigenvalue weighted by Crippen LogP contribution is 2.18. The van der Waals surface area contributed by atoms with E-state index in [2.05, 4.69) is 41.9 Å². The van der Waals surface area contributed by atoms with E-state index in [0.29, 0.717) is 12.1 Å². The lowest BCUT2D eigenvalue weighted by atomic mass is 10.1. The van der Waals surface area contributed by atoms with Crippen molar-refractivity contribution in [1.29, 1.82) is 0 Å². The van der Waals surface area contributed by atoms with Crippen molar-refractivity contribution in [2.45, 2.75) is 38.8 Å². The van der Waals surface area contributed by atoms with Crippen molar-refractivity contribution in [1.82, 2.24) is 10.6 Å². The molecule has 1 unspecified atom stereocenters. The molecule has 1 atom stereocenters. The summed E-state index contributed by atoms with van der Waals surface area (Å²) in [5.41, 5.74) is 2.07. The van der Waals surface area contributed by atoms with E-state index >= 15 is 0 Å². The third-order valence-corrected chi connectivity index (χ3v) is 4.78. The van der Waals surface area contributed by atoms with Gasteiger partial charge in [-0.05, 0) is 55.5 Å². The lowest BCUT2D eigenvalue weighted by Gasteiger charge is -2.22. The topological polar surface area (TPSA) is 53.2 Å². The van der Waals surface area contributed by atoms with E-state index in [1.807, 2.05) is 23.9 Å². The Hall–Kier alpha value is -1.20. The van der Waals surface area contributed by atoms with E-state index in [4.69, 9.17) is 0 Å². The largest absolute Gasteiger partial charge is 0.335 e. The van der Waals surface area contributed by atoms with Gasteiger partial charge < -0.3 is 16.0 Å². The molecule has 5 heteroatoms. The zero-order chi connectivity index (χ0) is 15.1. The molecular formula is C16H25N3OS. The second-order valence-corrected chi connectivity index (χ2v) is 6.61. The molecule has 2 amide bonds. The Morgan fingerprint density at radius 1 is 1.29 bits per heavy atom. The predicted molar refractivity (Wildman–Crippen MR) is 91.0 cm³/mol. The van der Waals surface area contributed by atoms with Crippen LogP contribution in [0.15, 0.2) is 24.3 Å². The van der Waals surface area contributed by atoms with Crippen LogP contribution in [0, 0.1) is 0 Å². The molecule has 1 heterocycles. The first-order valence-electron chi connectivity index (χ1n) is 7.67. The number of urea groups is 1. The summed E-state index contributed by atoms with van der Waals surface area (Å²) in [6.07, 6.45) is 2.13. The highest BCUT2D eigenvalue weighted by atomic mass is 32.2. The first-order valence-corrected chi connectivity index (χ1v) is 8.83. The second kappa shape index (κ2) is 8.29. The molecule has 21 heavy (non-hydrogen) atoms. The highest BCUT2D eigenvalue weighted by molar-refractivity contribution is 7.99. The fourth-order valence-electron chi connectivity index (χ4n) is 2.47. The molecule has 1 aliphatic heterocycles. The number of hydrogen-bond donors (Lipinski definition) is 3. The van der Waals surface area contributed by atoms with Crippen LogP contribution in [0.25, 0.3) is 0 Å². The van der Waals surface area contributed by atoms with E-state index in [1.165, 1.54) is 5.56 Å². The number of carbonyl (C=O) groups excluding carboxylic acids is 1. The average molecular weight is 307 g/mol. The summed E-state index contributed by atoms with van der Waals surface area (Å²) in [6, 6.07) is 8.58. The maximum Gasteiger partial charge on any atom is 0.319 e. The van der Waals surface area contributed by atoms with Crippen LogP contribution in [-0.4, -0.2) is 30.1 Å². The molecule has 1 saturated heterocycles. The summed E-state index contributed by atoms with van der Waals surface area (Å²) in [4.78, 5) is 12.0. The minimum atomic E-state index is -0.0978. The van der Waals surface area contributed by atoms with E-state index in [1.54, 1.807) is 0 Å². The number of carbonyl (C=O) groups is 1. The van der Waals surface area contributed by atoms with Crippen LogP contribution in [0.2, 0.25) is 0 Å². The van der Waals surface area contributed by atoms with Gasteiger partial charge in [0.2, 0.25) is 0 Å². The van der Waals surface area contributed by atoms with Crippen molar-refractivity contribution in [2.24, 2.45) is 0 Å². The molecule has 1 aromatic rings. The quantitative estimate of drug-likeness (QED) is 0.782. The number of anilines is 1. The fourth-order valence-corrected chi connectivity index (χ4v) is 3.58. The van der Waals surface area contributed by atoms with E-state index in [9.17, 15) is 4.79 Å². The van der Waals surface area contributed by atoms with Gasteiger partial charge in [-0.3, -0.25) is 0 Å². The third kappa shape index (κ3) is 5.25. The Morgan fingerprint density at radius 3 is 2.57 bits per heavy atom. The van der Waals surface area contributed by atoms with Crippen molar-refractivity contribution in [3.63, 3.8) is 0 Å². The maximum atomic E-state index is 12.0. The summed E-state index contributed by atoms with van der Waals surface area (Å²) in [5, 5.41) is 9.33.